The number of aryl methyl sites for hydroxylation is 1. The predicted octanol–water partition coefficient (Wildman–Crippen LogP) is 1.86. The first kappa shape index (κ1) is 15.8. The second kappa shape index (κ2) is 6.91. The van der Waals surface area contributed by atoms with Crippen molar-refractivity contribution in [2.45, 2.75) is 32.5 Å². The highest BCUT2D eigenvalue weighted by atomic mass is 16.5. The molecule has 0 radical (unpaired) electrons. The summed E-state index contributed by atoms with van der Waals surface area (Å²) in [4.78, 5) is 14.2. The van der Waals surface area contributed by atoms with Gasteiger partial charge < -0.3 is 14.4 Å². The molecule has 1 aromatic rings. The molecular formula is C16H24N2O3. The molecule has 1 saturated heterocycles. The zero-order valence-electron chi connectivity index (χ0n) is 13.2. The Balaban J connectivity index is 2.19. The maximum Gasteiger partial charge on any atom is 0.241 e. The molecule has 1 amide bonds. The van der Waals surface area contributed by atoms with Gasteiger partial charge in [0.25, 0.3) is 0 Å². The molecule has 1 aliphatic heterocycles. The molecule has 2 rings (SSSR count). The first-order valence-corrected chi connectivity index (χ1v) is 7.28. The largest absolute Gasteiger partial charge is 0.496 e. The topological polar surface area (TPSA) is 50.8 Å². The summed E-state index contributed by atoms with van der Waals surface area (Å²) in [7, 11) is 3.34. The Bertz CT molecular complexity index is 504. The lowest BCUT2D eigenvalue weighted by Gasteiger charge is -2.25. The van der Waals surface area contributed by atoms with E-state index in [1.54, 1.807) is 14.2 Å². The smallest absolute Gasteiger partial charge is 0.241 e. The lowest BCUT2D eigenvalue weighted by atomic mass is 10.1. The zero-order chi connectivity index (χ0) is 15.4. The lowest BCUT2D eigenvalue weighted by molar-refractivity contribution is -0.130. The van der Waals surface area contributed by atoms with E-state index in [0.717, 1.165) is 23.3 Å². The fourth-order valence-electron chi connectivity index (χ4n) is 2.74. The standard InChI is InChI=1S/C16H24N2O3/c1-11-10-13(6-7-14(11)21-4)15-17-12(2)16(19)18(15)8-5-9-20-3/h6-7,10,12,15,17H,5,8-9H2,1-4H3. The van der Waals surface area contributed by atoms with Gasteiger partial charge in [0.15, 0.2) is 0 Å². The third-order valence-corrected chi connectivity index (χ3v) is 3.86. The minimum atomic E-state index is -0.153. The number of ether oxygens (including phenoxy) is 2. The van der Waals surface area contributed by atoms with Crippen LogP contribution in [0.5, 0.6) is 5.75 Å². The summed E-state index contributed by atoms with van der Waals surface area (Å²) < 4.78 is 10.4. The maximum absolute atomic E-state index is 12.3. The van der Waals surface area contributed by atoms with Crippen LogP contribution in [0.15, 0.2) is 18.2 Å². The number of hydrogen-bond acceptors (Lipinski definition) is 4. The monoisotopic (exact) mass is 292 g/mol. The van der Waals surface area contributed by atoms with Gasteiger partial charge in [-0.1, -0.05) is 6.07 Å². The quantitative estimate of drug-likeness (QED) is 0.813. The molecule has 5 nitrogen and oxygen atoms in total. The van der Waals surface area contributed by atoms with E-state index in [-0.39, 0.29) is 18.1 Å². The first-order chi connectivity index (χ1) is 10.1. The number of hydrogen-bond donors (Lipinski definition) is 1. The van der Waals surface area contributed by atoms with Crippen LogP contribution in [-0.4, -0.2) is 44.2 Å². The summed E-state index contributed by atoms with van der Waals surface area (Å²) in [5, 5.41) is 3.36. The van der Waals surface area contributed by atoms with E-state index in [2.05, 4.69) is 11.4 Å². The van der Waals surface area contributed by atoms with Crippen LogP contribution in [0.1, 0.15) is 30.6 Å². The first-order valence-electron chi connectivity index (χ1n) is 7.28. The highest BCUT2D eigenvalue weighted by Crippen LogP contribution is 2.28. The van der Waals surface area contributed by atoms with Crippen LogP contribution in [0.3, 0.4) is 0 Å². The normalized spacial score (nSPS) is 21.9. The van der Waals surface area contributed by atoms with Crippen molar-refractivity contribution in [2.75, 3.05) is 27.4 Å². The number of amides is 1. The van der Waals surface area contributed by atoms with E-state index >= 15 is 0 Å². The molecular weight excluding hydrogens is 268 g/mol. The Kier molecular flexibility index (Phi) is 5.20. The maximum atomic E-state index is 12.3. The van der Waals surface area contributed by atoms with Gasteiger partial charge in [-0.3, -0.25) is 10.1 Å². The Morgan fingerprint density at radius 1 is 1.33 bits per heavy atom. The fraction of sp³-hybridized carbons (Fsp3) is 0.562. The summed E-state index contributed by atoms with van der Waals surface area (Å²) in [6.07, 6.45) is 0.761. The summed E-state index contributed by atoms with van der Waals surface area (Å²) in [5.41, 5.74) is 2.16. The molecule has 1 aromatic carbocycles. The number of carbonyl (C=O) groups excluding carboxylic acids is 1. The zero-order valence-corrected chi connectivity index (χ0v) is 13.2. The molecule has 0 bridgehead atoms. The molecule has 0 spiro atoms. The van der Waals surface area contributed by atoms with Crippen LogP contribution in [0, 0.1) is 6.92 Å². The summed E-state index contributed by atoms with van der Waals surface area (Å²) >= 11 is 0. The molecule has 21 heavy (non-hydrogen) atoms. The Morgan fingerprint density at radius 2 is 2.10 bits per heavy atom. The van der Waals surface area contributed by atoms with Gasteiger partial charge in [-0.15, -0.1) is 0 Å². The predicted molar refractivity (Wildman–Crippen MR) is 81.3 cm³/mol. The molecule has 1 N–H and O–H groups in total. The van der Waals surface area contributed by atoms with Crippen molar-refractivity contribution in [1.82, 2.24) is 10.2 Å². The highest BCUT2D eigenvalue weighted by Gasteiger charge is 2.36. The number of nitrogens with zero attached hydrogens (tertiary/aromatic N) is 1. The van der Waals surface area contributed by atoms with Gasteiger partial charge in [-0.25, -0.2) is 0 Å². The molecule has 2 unspecified atom stereocenters. The molecule has 2 atom stereocenters. The van der Waals surface area contributed by atoms with E-state index in [9.17, 15) is 4.79 Å². The van der Waals surface area contributed by atoms with Crippen molar-refractivity contribution in [3.05, 3.63) is 29.3 Å². The van der Waals surface area contributed by atoms with Crippen molar-refractivity contribution in [1.29, 1.82) is 0 Å². The van der Waals surface area contributed by atoms with E-state index in [0.29, 0.717) is 13.2 Å². The number of carbonyl (C=O) groups is 1. The van der Waals surface area contributed by atoms with Crippen LogP contribution >= 0.6 is 0 Å². The van der Waals surface area contributed by atoms with Crippen molar-refractivity contribution >= 4 is 5.91 Å². The molecule has 1 heterocycles. The summed E-state index contributed by atoms with van der Waals surface area (Å²) in [6, 6.07) is 5.89. The van der Waals surface area contributed by atoms with E-state index in [1.165, 1.54) is 0 Å². The Labute approximate surface area is 126 Å². The van der Waals surface area contributed by atoms with Gasteiger partial charge in [-0.05, 0) is 43.5 Å². The second-order valence-electron chi connectivity index (χ2n) is 5.40. The van der Waals surface area contributed by atoms with Crippen LogP contribution < -0.4 is 10.1 Å². The van der Waals surface area contributed by atoms with Gasteiger partial charge in [0.05, 0.1) is 13.2 Å². The van der Waals surface area contributed by atoms with Gasteiger partial charge in [0.2, 0.25) is 5.91 Å². The molecule has 5 heteroatoms. The SMILES string of the molecule is COCCCN1C(=O)C(C)NC1c1ccc(OC)c(C)c1. The van der Waals surface area contributed by atoms with Crippen LogP contribution in [0.2, 0.25) is 0 Å². The van der Waals surface area contributed by atoms with E-state index in [4.69, 9.17) is 9.47 Å². The van der Waals surface area contributed by atoms with Crippen molar-refractivity contribution in [3.63, 3.8) is 0 Å². The van der Waals surface area contributed by atoms with Crippen molar-refractivity contribution in [3.8, 4) is 5.75 Å². The van der Waals surface area contributed by atoms with Gasteiger partial charge in [0.1, 0.15) is 11.9 Å². The number of benzene rings is 1. The third-order valence-electron chi connectivity index (χ3n) is 3.86. The number of methoxy groups -OCH3 is 2. The number of nitrogens with one attached hydrogen (secondary N) is 1. The Morgan fingerprint density at radius 3 is 2.71 bits per heavy atom. The minimum absolute atomic E-state index is 0.0750. The fourth-order valence-corrected chi connectivity index (χ4v) is 2.74. The van der Waals surface area contributed by atoms with E-state index < -0.39 is 0 Å². The average molecular weight is 292 g/mol. The summed E-state index contributed by atoms with van der Waals surface area (Å²) in [6.45, 7) is 5.27. The molecule has 116 valence electrons. The molecule has 0 aromatic heterocycles. The minimum Gasteiger partial charge on any atom is -0.496 e. The van der Waals surface area contributed by atoms with Crippen LogP contribution in [0.4, 0.5) is 0 Å². The van der Waals surface area contributed by atoms with Crippen LogP contribution in [-0.2, 0) is 9.53 Å². The number of rotatable bonds is 6. The second-order valence-corrected chi connectivity index (χ2v) is 5.40. The van der Waals surface area contributed by atoms with Gasteiger partial charge in [-0.2, -0.15) is 0 Å². The van der Waals surface area contributed by atoms with Gasteiger partial charge >= 0.3 is 0 Å². The van der Waals surface area contributed by atoms with Crippen LogP contribution in [0.25, 0.3) is 0 Å². The molecule has 1 aliphatic rings. The molecule has 1 fully saturated rings. The van der Waals surface area contributed by atoms with Crippen molar-refractivity contribution in [2.24, 2.45) is 0 Å². The van der Waals surface area contributed by atoms with E-state index in [1.807, 2.05) is 30.9 Å². The third kappa shape index (κ3) is 3.36. The average Bonchev–Trinajstić information content (AvgIpc) is 2.75. The molecule has 0 aliphatic carbocycles. The van der Waals surface area contributed by atoms with Gasteiger partial charge in [0, 0.05) is 20.3 Å². The highest BCUT2D eigenvalue weighted by molar-refractivity contribution is 5.84. The lowest BCUT2D eigenvalue weighted by Crippen LogP contribution is -2.32. The summed E-state index contributed by atoms with van der Waals surface area (Å²) in [5.74, 6) is 1.01. The van der Waals surface area contributed by atoms with Crippen molar-refractivity contribution < 1.29 is 14.3 Å². The molecule has 0 saturated carbocycles. The Hall–Kier alpha value is -1.59.